The molecular formula is C12H20N2O. The zero-order valence-electron chi connectivity index (χ0n) is 9.73. The predicted octanol–water partition coefficient (Wildman–Crippen LogP) is 2.29. The van der Waals surface area contributed by atoms with Gasteiger partial charge in [0.05, 0.1) is 5.60 Å². The number of ether oxygens (including phenoxy) is 1. The number of hydrogen-bond donors (Lipinski definition) is 1. The molecule has 0 aliphatic carbocycles. The number of rotatable bonds is 5. The van der Waals surface area contributed by atoms with Gasteiger partial charge in [0, 0.05) is 25.5 Å². The van der Waals surface area contributed by atoms with Crippen molar-refractivity contribution in [3.05, 3.63) is 30.1 Å². The summed E-state index contributed by atoms with van der Waals surface area (Å²) in [6.07, 6.45) is 5.44. The molecule has 3 nitrogen and oxygen atoms in total. The largest absolute Gasteiger partial charge is 0.379 e. The monoisotopic (exact) mass is 208 g/mol. The molecule has 1 aromatic heterocycles. The van der Waals surface area contributed by atoms with Crippen LogP contribution in [0.3, 0.4) is 0 Å². The van der Waals surface area contributed by atoms with Gasteiger partial charge in [0.2, 0.25) is 0 Å². The first-order valence-electron chi connectivity index (χ1n) is 5.26. The van der Waals surface area contributed by atoms with Crippen molar-refractivity contribution < 1.29 is 4.74 Å². The van der Waals surface area contributed by atoms with Crippen molar-refractivity contribution in [1.29, 1.82) is 0 Å². The van der Waals surface area contributed by atoms with E-state index in [1.165, 1.54) is 0 Å². The molecule has 1 rings (SSSR count). The highest BCUT2D eigenvalue weighted by Crippen LogP contribution is 2.22. The van der Waals surface area contributed by atoms with E-state index in [4.69, 9.17) is 10.5 Å². The van der Waals surface area contributed by atoms with Gasteiger partial charge in [0.15, 0.2) is 0 Å². The summed E-state index contributed by atoms with van der Waals surface area (Å²) in [6, 6.07) is 3.97. The van der Waals surface area contributed by atoms with E-state index >= 15 is 0 Å². The topological polar surface area (TPSA) is 48.1 Å². The quantitative estimate of drug-likeness (QED) is 0.807. The van der Waals surface area contributed by atoms with Crippen LogP contribution in [0, 0.1) is 0 Å². The lowest BCUT2D eigenvalue weighted by Crippen LogP contribution is -2.24. The molecule has 0 fully saturated rings. The lowest BCUT2D eigenvalue weighted by atomic mass is 9.96. The molecular weight excluding hydrogens is 188 g/mol. The molecule has 0 amide bonds. The van der Waals surface area contributed by atoms with Gasteiger partial charge in [-0.1, -0.05) is 6.07 Å². The second-order valence-electron chi connectivity index (χ2n) is 4.40. The molecule has 0 saturated heterocycles. The Hall–Kier alpha value is -0.930. The van der Waals surface area contributed by atoms with Crippen molar-refractivity contribution in [3.63, 3.8) is 0 Å². The fourth-order valence-corrected chi connectivity index (χ4v) is 1.37. The van der Waals surface area contributed by atoms with Crippen LogP contribution in [0.25, 0.3) is 0 Å². The summed E-state index contributed by atoms with van der Waals surface area (Å²) in [5.74, 6) is 0. The molecule has 0 spiro atoms. The van der Waals surface area contributed by atoms with Crippen LogP contribution in [0.15, 0.2) is 24.5 Å². The maximum Gasteiger partial charge on any atom is 0.0623 e. The predicted molar refractivity (Wildman–Crippen MR) is 61.5 cm³/mol. The molecule has 1 aromatic rings. The van der Waals surface area contributed by atoms with E-state index in [2.05, 4.69) is 18.8 Å². The van der Waals surface area contributed by atoms with Gasteiger partial charge >= 0.3 is 0 Å². The Labute approximate surface area is 91.7 Å². The number of nitrogens with two attached hydrogens (primary N) is 1. The third-order valence-corrected chi connectivity index (χ3v) is 2.72. The SMILES string of the molecule is COC(C)(C)CCC(N)c1cccnc1. The highest BCUT2D eigenvalue weighted by Gasteiger charge is 2.18. The molecule has 0 aromatic carbocycles. The van der Waals surface area contributed by atoms with Crippen molar-refractivity contribution in [3.8, 4) is 0 Å². The van der Waals surface area contributed by atoms with Crippen LogP contribution in [-0.2, 0) is 4.74 Å². The third-order valence-electron chi connectivity index (χ3n) is 2.72. The normalized spacial score (nSPS) is 13.9. The first-order chi connectivity index (χ1) is 7.05. The summed E-state index contributed by atoms with van der Waals surface area (Å²) < 4.78 is 5.35. The van der Waals surface area contributed by atoms with Crippen molar-refractivity contribution in [2.24, 2.45) is 5.73 Å². The molecule has 84 valence electrons. The molecule has 1 unspecified atom stereocenters. The molecule has 0 bridgehead atoms. The van der Waals surface area contributed by atoms with Gasteiger partial charge in [-0.05, 0) is 38.3 Å². The molecule has 1 atom stereocenters. The molecule has 0 aliphatic rings. The van der Waals surface area contributed by atoms with Gasteiger partial charge in [-0.2, -0.15) is 0 Å². The smallest absolute Gasteiger partial charge is 0.0623 e. The maximum atomic E-state index is 6.06. The zero-order chi connectivity index (χ0) is 11.3. The van der Waals surface area contributed by atoms with Gasteiger partial charge in [0.25, 0.3) is 0 Å². The van der Waals surface area contributed by atoms with Crippen LogP contribution in [0.4, 0.5) is 0 Å². The highest BCUT2D eigenvalue weighted by molar-refractivity contribution is 5.12. The Morgan fingerprint density at radius 2 is 2.27 bits per heavy atom. The Kier molecular flexibility index (Phi) is 4.24. The number of aromatic nitrogens is 1. The summed E-state index contributed by atoms with van der Waals surface area (Å²) in [5.41, 5.74) is 7.05. The average Bonchev–Trinajstić information content (AvgIpc) is 2.27. The minimum absolute atomic E-state index is 0.0492. The van der Waals surface area contributed by atoms with E-state index in [0.29, 0.717) is 0 Å². The summed E-state index contributed by atoms with van der Waals surface area (Å²) in [7, 11) is 1.73. The van der Waals surface area contributed by atoms with Crippen LogP contribution >= 0.6 is 0 Å². The van der Waals surface area contributed by atoms with Gasteiger partial charge < -0.3 is 10.5 Å². The van der Waals surface area contributed by atoms with Crippen molar-refractivity contribution in [1.82, 2.24) is 4.98 Å². The van der Waals surface area contributed by atoms with E-state index in [-0.39, 0.29) is 11.6 Å². The van der Waals surface area contributed by atoms with Crippen LogP contribution in [-0.4, -0.2) is 17.7 Å². The second kappa shape index (κ2) is 5.24. The van der Waals surface area contributed by atoms with Crippen molar-refractivity contribution in [2.45, 2.75) is 38.3 Å². The Bertz CT molecular complexity index is 285. The standard InChI is InChI=1S/C12H20N2O/c1-12(2,15-3)7-6-11(13)10-5-4-8-14-9-10/h4-5,8-9,11H,6-7,13H2,1-3H3. The summed E-state index contributed by atoms with van der Waals surface area (Å²) in [4.78, 5) is 4.06. The molecule has 1 heterocycles. The van der Waals surface area contributed by atoms with Crippen LogP contribution < -0.4 is 5.73 Å². The van der Waals surface area contributed by atoms with Crippen molar-refractivity contribution in [2.75, 3.05) is 7.11 Å². The fourth-order valence-electron chi connectivity index (χ4n) is 1.37. The number of methoxy groups -OCH3 is 1. The van der Waals surface area contributed by atoms with Crippen molar-refractivity contribution >= 4 is 0 Å². The molecule has 3 heteroatoms. The second-order valence-corrected chi connectivity index (χ2v) is 4.40. The van der Waals surface area contributed by atoms with E-state index < -0.39 is 0 Å². The molecule has 0 saturated carbocycles. The van der Waals surface area contributed by atoms with E-state index in [0.717, 1.165) is 18.4 Å². The number of hydrogen-bond acceptors (Lipinski definition) is 3. The van der Waals surface area contributed by atoms with Gasteiger partial charge in [-0.3, -0.25) is 4.98 Å². The average molecular weight is 208 g/mol. The van der Waals surface area contributed by atoms with E-state index in [9.17, 15) is 0 Å². The Morgan fingerprint density at radius 3 is 2.80 bits per heavy atom. The third kappa shape index (κ3) is 3.98. The zero-order valence-corrected chi connectivity index (χ0v) is 9.73. The molecule has 15 heavy (non-hydrogen) atoms. The minimum Gasteiger partial charge on any atom is -0.379 e. The van der Waals surface area contributed by atoms with Crippen LogP contribution in [0.2, 0.25) is 0 Å². The fraction of sp³-hybridized carbons (Fsp3) is 0.583. The lowest BCUT2D eigenvalue weighted by Gasteiger charge is -2.24. The maximum absolute atomic E-state index is 6.06. The van der Waals surface area contributed by atoms with Gasteiger partial charge in [0.1, 0.15) is 0 Å². The lowest BCUT2D eigenvalue weighted by molar-refractivity contribution is 0.0125. The molecule has 0 aliphatic heterocycles. The van der Waals surface area contributed by atoms with E-state index in [1.807, 2.05) is 18.3 Å². The first-order valence-corrected chi connectivity index (χ1v) is 5.26. The summed E-state index contributed by atoms with van der Waals surface area (Å²) in [5, 5.41) is 0. The molecule has 0 radical (unpaired) electrons. The Balaban J connectivity index is 2.47. The number of nitrogens with zero attached hydrogens (tertiary/aromatic N) is 1. The molecule has 2 N–H and O–H groups in total. The van der Waals surface area contributed by atoms with Gasteiger partial charge in [-0.25, -0.2) is 0 Å². The summed E-state index contributed by atoms with van der Waals surface area (Å²) >= 11 is 0. The summed E-state index contributed by atoms with van der Waals surface area (Å²) in [6.45, 7) is 4.14. The van der Waals surface area contributed by atoms with Crippen LogP contribution in [0.5, 0.6) is 0 Å². The number of pyridine rings is 1. The first kappa shape index (κ1) is 12.1. The van der Waals surface area contributed by atoms with Crippen LogP contribution in [0.1, 0.15) is 38.3 Å². The minimum atomic E-state index is -0.0974. The Morgan fingerprint density at radius 1 is 1.53 bits per heavy atom. The van der Waals surface area contributed by atoms with E-state index in [1.54, 1.807) is 13.3 Å². The highest BCUT2D eigenvalue weighted by atomic mass is 16.5. The van der Waals surface area contributed by atoms with Gasteiger partial charge in [-0.15, -0.1) is 0 Å².